The van der Waals surface area contributed by atoms with Gasteiger partial charge in [-0.3, -0.25) is 0 Å². The fourth-order valence-corrected chi connectivity index (χ4v) is 4.32. The van der Waals surface area contributed by atoms with Gasteiger partial charge >= 0.3 is 0 Å². The maximum atomic E-state index is 2.80. The van der Waals surface area contributed by atoms with Crippen LogP contribution in [0.5, 0.6) is 0 Å². The zero-order chi connectivity index (χ0) is 17.9. The van der Waals surface area contributed by atoms with Gasteiger partial charge in [0, 0.05) is 6.04 Å². The Morgan fingerprint density at radius 2 is 1.31 bits per heavy atom. The molecule has 0 aliphatic carbocycles. The number of unbranched alkanes of at least 4 members (excludes halogenated alkanes) is 2. The molecule has 0 aromatic heterocycles. The lowest BCUT2D eigenvalue weighted by Gasteiger charge is -2.36. The molecule has 3 rings (SSSR count). The van der Waals surface area contributed by atoms with Crippen LogP contribution >= 0.6 is 0 Å². The van der Waals surface area contributed by atoms with Crippen molar-refractivity contribution in [3.8, 4) is 0 Å². The molecule has 1 saturated heterocycles. The normalized spacial score (nSPS) is 18.1. The lowest BCUT2D eigenvalue weighted by molar-refractivity contribution is 0.135. The van der Waals surface area contributed by atoms with Crippen LogP contribution in [0.25, 0.3) is 0 Å². The average Bonchev–Trinajstić information content (AvgIpc) is 2.71. The third-order valence-corrected chi connectivity index (χ3v) is 5.85. The average molecular weight is 350 g/mol. The molecule has 0 saturated carbocycles. The highest BCUT2D eigenvalue weighted by Crippen LogP contribution is 2.22. The highest BCUT2D eigenvalue weighted by molar-refractivity contribution is 5.15. The number of likely N-dealkylation sites (tertiary alicyclic amines) is 1. The molecule has 1 aliphatic heterocycles. The first-order chi connectivity index (χ1) is 12.9. The fraction of sp³-hybridized carbons (Fsp3) is 0.520. The van der Waals surface area contributed by atoms with Crippen molar-refractivity contribution in [2.45, 2.75) is 70.3 Å². The van der Waals surface area contributed by atoms with Gasteiger partial charge in [-0.1, -0.05) is 73.5 Å². The maximum Gasteiger partial charge on any atom is 0.00952 e. The predicted molar refractivity (Wildman–Crippen MR) is 113 cm³/mol. The summed E-state index contributed by atoms with van der Waals surface area (Å²) in [5.41, 5.74) is 2.98. The van der Waals surface area contributed by atoms with E-state index in [0.717, 1.165) is 6.04 Å². The largest absolute Gasteiger partial charge is 0.300 e. The second-order valence-corrected chi connectivity index (χ2v) is 7.86. The summed E-state index contributed by atoms with van der Waals surface area (Å²) in [7, 11) is 0. The van der Waals surface area contributed by atoms with Crippen LogP contribution in [0.3, 0.4) is 0 Å². The molecule has 1 atom stereocenters. The van der Waals surface area contributed by atoms with Crippen molar-refractivity contribution in [1.29, 1.82) is 0 Å². The Morgan fingerprint density at radius 3 is 1.96 bits per heavy atom. The molecule has 1 heterocycles. The summed E-state index contributed by atoms with van der Waals surface area (Å²) >= 11 is 0. The molecule has 0 amide bonds. The smallest absolute Gasteiger partial charge is 0.00952 e. The van der Waals surface area contributed by atoms with E-state index in [1.807, 2.05) is 0 Å². The second-order valence-electron chi connectivity index (χ2n) is 7.86. The van der Waals surface area contributed by atoms with Gasteiger partial charge in [0.15, 0.2) is 0 Å². The Bertz CT molecular complexity index is 537. The van der Waals surface area contributed by atoms with Crippen LogP contribution < -0.4 is 0 Å². The van der Waals surface area contributed by atoms with E-state index in [4.69, 9.17) is 0 Å². The number of aryl methyl sites for hydroxylation is 2. The van der Waals surface area contributed by atoms with E-state index >= 15 is 0 Å². The summed E-state index contributed by atoms with van der Waals surface area (Å²) in [6, 6.07) is 22.8. The van der Waals surface area contributed by atoms with Gasteiger partial charge < -0.3 is 4.90 Å². The van der Waals surface area contributed by atoms with Gasteiger partial charge in [0.05, 0.1) is 0 Å². The predicted octanol–water partition coefficient (Wildman–Crippen LogP) is 6.28. The van der Waals surface area contributed by atoms with Gasteiger partial charge in [-0.15, -0.1) is 0 Å². The molecule has 1 nitrogen and oxygen atoms in total. The molecule has 26 heavy (non-hydrogen) atoms. The van der Waals surface area contributed by atoms with E-state index in [1.165, 1.54) is 88.4 Å². The number of hydrogen-bond acceptors (Lipinski definition) is 1. The van der Waals surface area contributed by atoms with Crippen LogP contribution in [-0.2, 0) is 12.8 Å². The SMILES string of the molecule is c1ccc(CCCCC2CCCCN2CCCCc2ccccc2)cc1. The van der Waals surface area contributed by atoms with Crippen molar-refractivity contribution in [3.05, 3.63) is 71.8 Å². The molecular formula is C25H35N. The molecule has 1 unspecified atom stereocenters. The van der Waals surface area contributed by atoms with Crippen molar-refractivity contribution in [2.24, 2.45) is 0 Å². The Balaban J connectivity index is 1.33. The Labute approximate surface area is 160 Å². The van der Waals surface area contributed by atoms with Crippen molar-refractivity contribution in [3.63, 3.8) is 0 Å². The van der Waals surface area contributed by atoms with E-state index in [1.54, 1.807) is 0 Å². The monoisotopic (exact) mass is 349 g/mol. The number of nitrogens with zero attached hydrogens (tertiary/aromatic N) is 1. The molecule has 2 aromatic carbocycles. The van der Waals surface area contributed by atoms with Gasteiger partial charge in [-0.05, 0) is 75.6 Å². The Morgan fingerprint density at radius 1 is 0.692 bits per heavy atom. The maximum absolute atomic E-state index is 2.80. The molecule has 0 N–H and O–H groups in total. The van der Waals surface area contributed by atoms with Crippen LogP contribution in [0.15, 0.2) is 60.7 Å². The van der Waals surface area contributed by atoms with Crippen LogP contribution in [-0.4, -0.2) is 24.0 Å². The molecule has 0 radical (unpaired) electrons. The lowest BCUT2D eigenvalue weighted by atomic mass is 9.95. The highest BCUT2D eigenvalue weighted by Gasteiger charge is 2.21. The van der Waals surface area contributed by atoms with Crippen molar-refractivity contribution in [1.82, 2.24) is 4.90 Å². The summed E-state index contributed by atoms with van der Waals surface area (Å²) in [4.78, 5) is 2.80. The Hall–Kier alpha value is -1.60. The van der Waals surface area contributed by atoms with Crippen molar-refractivity contribution in [2.75, 3.05) is 13.1 Å². The standard InChI is InChI=1S/C25H35N/c1-3-13-23(14-4-1)17-7-8-19-25-20-10-12-22-26(25)21-11-9-18-24-15-5-2-6-16-24/h1-6,13-16,25H,7-12,17-22H2. The number of hydrogen-bond donors (Lipinski definition) is 0. The summed E-state index contributed by atoms with van der Waals surface area (Å²) in [6.45, 7) is 2.63. The van der Waals surface area contributed by atoms with Crippen LogP contribution in [0.4, 0.5) is 0 Å². The Kier molecular flexibility index (Phi) is 8.25. The zero-order valence-corrected chi connectivity index (χ0v) is 16.3. The number of benzene rings is 2. The van der Waals surface area contributed by atoms with Gasteiger partial charge in [0.2, 0.25) is 0 Å². The first-order valence-electron chi connectivity index (χ1n) is 10.7. The minimum absolute atomic E-state index is 0.844. The number of piperidine rings is 1. The van der Waals surface area contributed by atoms with Crippen LogP contribution in [0.2, 0.25) is 0 Å². The summed E-state index contributed by atoms with van der Waals surface area (Å²) in [5, 5.41) is 0. The van der Waals surface area contributed by atoms with Gasteiger partial charge in [0.1, 0.15) is 0 Å². The van der Waals surface area contributed by atoms with Crippen LogP contribution in [0, 0.1) is 0 Å². The number of rotatable bonds is 10. The molecule has 1 aliphatic rings. The first kappa shape index (κ1) is 19.2. The van der Waals surface area contributed by atoms with E-state index in [9.17, 15) is 0 Å². The minimum atomic E-state index is 0.844. The highest BCUT2D eigenvalue weighted by atomic mass is 15.2. The zero-order valence-electron chi connectivity index (χ0n) is 16.3. The van der Waals surface area contributed by atoms with Gasteiger partial charge in [0.25, 0.3) is 0 Å². The summed E-state index contributed by atoms with van der Waals surface area (Å²) in [6.07, 6.45) is 13.5. The fourth-order valence-electron chi connectivity index (χ4n) is 4.32. The lowest BCUT2D eigenvalue weighted by Crippen LogP contribution is -2.40. The molecule has 1 fully saturated rings. The molecule has 1 heteroatoms. The molecule has 0 spiro atoms. The van der Waals surface area contributed by atoms with Gasteiger partial charge in [-0.2, -0.15) is 0 Å². The van der Waals surface area contributed by atoms with E-state index < -0.39 is 0 Å². The van der Waals surface area contributed by atoms with E-state index in [-0.39, 0.29) is 0 Å². The second kappa shape index (κ2) is 11.2. The van der Waals surface area contributed by atoms with E-state index in [2.05, 4.69) is 65.6 Å². The quantitative estimate of drug-likeness (QED) is 0.456. The minimum Gasteiger partial charge on any atom is -0.300 e. The molecular weight excluding hydrogens is 314 g/mol. The topological polar surface area (TPSA) is 3.24 Å². The molecule has 0 bridgehead atoms. The molecule has 2 aromatic rings. The summed E-state index contributed by atoms with van der Waals surface area (Å²) in [5.74, 6) is 0. The van der Waals surface area contributed by atoms with E-state index in [0.29, 0.717) is 0 Å². The summed E-state index contributed by atoms with van der Waals surface area (Å²) < 4.78 is 0. The van der Waals surface area contributed by atoms with Gasteiger partial charge in [-0.25, -0.2) is 0 Å². The molecule has 140 valence electrons. The third-order valence-electron chi connectivity index (χ3n) is 5.85. The van der Waals surface area contributed by atoms with Crippen LogP contribution in [0.1, 0.15) is 62.5 Å². The first-order valence-corrected chi connectivity index (χ1v) is 10.7. The van der Waals surface area contributed by atoms with Crippen molar-refractivity contribution >= 4 is 0 Å². The van der Waals surface area contributed by atoms with Crippen molar-refractivity contribution < 1.29 is 0 Å². The third kappa shape index (κ3) is 6.61.